The first-order valence-corrected chi connectivity index (χ1v) is 9.43. The Morgan fingerprint density at radius 2 is 1.88 bits per heavy atom. The molecule has 7 heteroatoms. The number of rotatable bonds is 4. The van der Waals surface area contributed by atoms with E-state index in [0.29, 0.717) is 10.7 Å². The van der Waals surface area contributed by atoms with Gasteiger partial charge < -0.3 is 0 Å². The topological polar surface area (TPSA) is 45.6 Å². The Balaban J connectivity index is 1.75. The monoisotopic (exact) mass is 381 g/mol. The summed E-state index contributed by atoms with van der Waals surface area (Å²) in [6.45, 7) is 0. The summed E-state index contributed by atoms with van der Waals surface area (Å²) in [5.74, 6) is -0.757. The number of hydrogen-bond acceptors (Lipinski definition) is 5. The van der Waals surface area contributed by atoms with Gasteiger partial charge in [0.25, 0.3) is 5.91 Å². The number of anilines is 1. The van der Waals surface area contributed by atoms with Crippen LogP contribution in [0.3, 0.4) is 0 Å². The van der Waals surface area contributed by atoms with Gasteiger partial charge in [-0.3, -0.25) is 4.79 Å². The molecular formula is C19H12FN3OS2. The maximum Gasteiger partial charge on any atom is 0.280 e. The molecule has 2 heterocycles. The van der Waals surface area contributed by atoms with Crippen LogP contribution in [-0.4, -0.2) is 17.1 Å². The first-order chi connectivity index (χ1) is 12.7. The molecule has 128 valence electrons. The second-order valence-electron chi connectivity index (χ2n) is 5.35. The molecule has 0 atom stereocenters. The van der Waals surface area contributed by atoms with Gasteiger partial charge in [-0.1, -0.05) is 29.5 Å². The van der Waals surface area contributed by atoms with E-state index in [2.05, 4.69) is 10.1 Å². The normalized spacial score (nSPS) is 11.3. The Labute approximate surface area is 156 Å². The zero-order valence-corrected chi connectivity index (χ0v) is 15.0. The predicted octanol–water partition coefficient (Wildman–Crippen LogP) is 5.18. The fourth-order valence-electron chi connectivity index (χ4n) is 2.33. The Morgan fingerprint density at radius 3 is 2.62 bits per heavy atom. The van der Waals surface area contributed by atoms with Crippen molar-refractivity contribution >= 4 is 50.1 Å². The Hall–Kier alpha value is -2.90. The van der Waals surface area contributed by atoms with Crippen LogP contribution >= 0.6 is 22.7 Å². The van der Waals surface area contributed by atoms with Crippen molar-refractivity contribution in [2.24, 2.45) is 5.10 Å². The zero-order chi connectivity index (χ0) is 17.9. The number of para-hydroxylation sites is 1. The summed E-state index contributed by atoms with van der Waals surface area (Å²) in [5, 5.41) is 8.02. The lowest BCUT2D eigenvalue weighted by Gasteiger charge is -2.13. The molecule has 0 saturated carbocycles. The molecule has 4 nitrogen and oxygen atoms in total. The van der Waals surface area contributed by atoms with Crippen molar-refractivity contribution in [1.29, 1.82) is 0 Å². The highest BCUT2D eigenvalue weighted by atomic mass is 32.1. The van der Waals surface area contributed by atoms with Crippen molar-refractivity contribution in [3.05, 3.63) is 82.3 Å². The highest BCUT2D eigenvalue weighted by molar-refractivity contribution is 7.22. The number of carbonyl (C=O) groups is 1. The quantitative estimate of drug-likeness (QED) is 0.361. The third-order valence-corrected chi connectivity index (χ3v) is 5.41. The van der Waals surface area contributed by atoms with Gasteiger partial charge in [0.15, 0.2) is 0 Å². The van der Waals surface area contributed by atoms with Gasteiger partial charge in [-0.2, -0.15) is 10.1 Å². The molecule has 0 aliphatic heterocycles. The molecule has 0 fully saturated rings. The summed E-state index contributed by atoms with van der Waals surface area (Å²) in [4.78, 5) is 18.4. The summed E-state index contributed by atoms with van der Waals surface area (Å²) >= 11 is 2.90. The average molecular weight is 381 g/mol. The van der Waals surface area contributed by atoms with E-state index in [4.69, 9.17) is 0 Å². The minimum absolute atomic E-state index is 0.342. The number of amides is 1. The lowest BCUT2D eigenvalue weighted by molar-refractivity contribution is 0.0988. The van der Waals surface area contributed by atoms with Gasteiger partial charge >= 0.3 is 0 Å². The molecular weight excluding hydrogens is 369 g/mol. The van der Waals surface area contributed by atoms with Crippen molar-refractivity contribution in [2.75, 3.05) is 5.01 Å². The molecule has 0 radical (unpaired) electrons. The van der Waals surface area contributed by atoms with Gasteiger partial charge in [0, 0.05) is 10.4 Å². The van der Waals surface area contributed by atoms with E-state index in [1.165, 1.54) is 51.9 Å². The van der Waals surface area contributed by atoms with E-state index in [1.54, 1.807) is 6.21 Å². The number of fused-ring (bicyclic) bond motifs is 1. The van der Waals surface area contributed by atoms with Crippen LogP contribution in [0, 0.1) is 5.82 Å². The summed E-state index contributed by atoms with van der Waals surface area (Å²) in [6.07, 6.45) is 1.62. The first kappa shape index (κ1) is 16.6. The number of hydrazone groups is 1. The third kappa shape index (κ3) is 3.40. The van der Waals surface area contributed by atoms with Crippen LogP contribution in [0.4, 0.5) is 9.52 Å². The van der Waals surface area contributed by atoms with Crippen molar-refractivity contribution in [3.8, 4) is 0 Å². The zero-order valence-electron chi connectivity index (χ0n) is 13.4. The van der Waals surface area contributed by atoms with Crippen molar-refractivity contribution in [2.45, 2.75) is 0 Å². The van der Waals surface area contributed by atoms with Gasteiger partial charge in [0.2, 0.25) is 5.13 Å². The number of thiazole rings is 1. The fourth-order valence-corrected chi connectivity index (χ4v) is 3.83. The van der Waals surface area contributed by atoms with Crippen LogP contribution in [0.5, 0.6) is 0 Å². The van der Waals surface area contributed by atoms with Gasteiger partial charge in [0.05, 0.1) is 16.4 Å². The maximum atomic E-state index is 13.2. The molecule has 26 heavy (non-hydrogen) atoms. The molecule has 0 aliphatic rings. The minimum Gasteiger partial charge on any atom is -0.267 e. The first-order valence-electron chi connectivity index (χ1n) is 7.74. The number of thiophene rings is 1. The highest BCUT2D eigenvalue weighted by Crippen LogP contribution is 2.30. The number of carbonyl (C=O) groups excluding carboxylic acids is 1. The van der Waals surface area contributed by atoms with E-state index in [1.807, 2.05) is 41.8 Å². The van der Waals surface area contributed by atoms with E-state index >= 15 is 0 Å². The van der Waals surface area contributed by atoms with Crippen LogP contribution in [0.1, 0.15) is 15.2 Å². The van der Waals surface area contributed by atoms with Crippen LogP contribution in [-0.2, 0) is 0 Å². The van der Waals surface area contributed by atoms with Crippen molar-refractivity contribution < 1.29 is 9.18 Å². The molecule has 2 aromatic carbocycles. The molecule has 0 bridgehead atoms. The number of hydrogen-bond donors (Lipinski definition) is 0. The molecule has 0 saturated heterocycles. The van der Waals surface area contributed by atoms with E-state index in [0.717, 1.165) is 15.1 Å². The molecule has 0 unspecified atom stereocenters. The minimum atomic E-state index is -0.393. The van der Waals surface area contributed by atoms with Gasteiger partial charge in [-0.25, -0.2) is 9.37 Å². The van der Waals surface area contributed by atoms with Gasteiger partial charge in [0.1, 0.15) is 5.82 Å². The molecule has 4 aromatic rings. The van der Waals surface area contributed by atoms with Crippen LogP contribution < -0.4 is 5.01 Å². The summed E-state index contributed by atoms with van der Waals surface area (Å²) in [7, 11) is 0. The second kappa shape index (κ2) is 7.15. The molecule has 0 N–H and O–H groups in total. The molecule has 0 aliphatic carbocycles. The lowest BCUT2D eigenvalue weighted by Crippen LogP contribution is -2.25. The number of benzene rings is 2. The summed E-state index contributed by atoms with van der Waals surface area (Å²) in [6, 6.07) is 16.9. The Kier molecular flexibility index (Phi) is 4.55. The van der Waals surface area contributed by atoms with E-state index < -0.39 is 5.82 Å². The predicted molar refractivity (Wildman–Crippen MR) is 105 cm³/mol. The van der Waals surface area contributed by atoms with Crippen LogP contribution in [0.15, 0.2) is 71.1 Å². The summed E-state index contributed by atoms with van der Waals surface area (Å²) in [5.41, 5.74) is 1.14. The van der Waals surface area contributed by atoms with Crippen LogP contribution in [0.2, 0.25) is 0 Å². The van der Waals surface area contributed by atoms with Gasteiger partial charge in [-0.05, 0) is 47.8 Å². The Bertz CT molecular complexity index is 1040. The Morgan fingerprint density at radius 1 is 1.08 bits per heavy atom. The molecule has 0 spiro atoms. The number of aromatic nitrogens is 1. The number of halogens is 1. The smallest absolute Gasteiger partial charge is 0.267 e. The third-order valence-electron chi connectivity index (χ3n) is 3.59. The van der Waals surface area contributed by atoms with Crippen LogP contribution in [0.25, 0.3) is 10.2 Å². The van der Waals surface area contributed by atoms with Crippen molar-refractivity contribution in [1.82, 2.24) is 4.98 Å². The van der Waals surface area contributed by atoms with Crippen molar-refractivity contribution in [3.63, 3.8) is 0 Å². The average Bonchev–Trinajstić information content (AvgIpc) is 3.31. The molecule has 2 aromatic heterocycles. The van der Waals surface area contributed by atoms with E-state index in [9.17, 15) is 9.18 Å². The van der Waals surface area contributed by atoms with Gasteiger partial charge in [-0.15, -0.1) is 11.3 Å². The molecule has 1 amide bonds. The maximum absolute atomic E-state index is 13.2. The second-order valence-corrected chi connectivity index (χ2v) is 7.34. The SMILES string of the molecule is O=C(c1ccc(F)cc1)N(/N=C\c1cccs1)c1nc2ccccc2s1. The largest absolute Gasteiger partial charge is 0.280 e. The number of nitrogens with zero attached hydrogens (tertiary/aromatic N) is 3. The fraction of sp³-hybridized carbons (Fsp3) is 0. The van der Waals surface area contributed by atoms with E-state index in [-0.39, 0.29) is 5.91 Å². The molecule has 4 rings (SSSR count). The lowest BCUT2D eigenvalue weighted by atomic mass is 10.2. The summed E-state index contributed by atoms with van der Waals surface area (Å²) < 4.78 is 14.1. The standard InChI is InChI=1S/C19H12FN3OS2/c20-14-9-7-13(8-10-14)18(24)23(21-12-15-4-3-11-25-15)19-22-16-5-1-2-6-17(16)26-19/h1-12H/b21-12-. The highest BCUT2D eigenvalue weighted by Gasteiger charge is 2.21.